The molecular weight excluding hydrogens is 260 g/mol. The zero-order valence-electron chi connectivity index (χ0n) is 11.2. The van der Waals surface area contributed by atoms with Crippen molar-refractivity contribution in [2.24, 2.45) is 5.92 Å². The van der Waals surface area contributed by atoms with Crippen molar-refractivity contribution in [1.82, 2.24) is 20.3 Å². The van der Waals surface area contributed by atoms with E-state index in [2.05, 4.69) is 15.6 Å². The second-order valence-electron chi connectivity index (χ2n) is 4.91. The van der Waals surface area contributed by atoms with E-state index in [1.54, 1.807) is 6.07 Å². The maximum absolute atomic E-state index is 11.8. The first-order chi connectivity index (χ1) is 9.74. The molecule has 0 unspecified atom stereocenters. The van der Waals surface area contributed by atoms with Crippen LogP contribution in [0.15, 0.2) is 23.0 Å². The van der Waals surface area contributed by atoms with Gasteiger partial charge in [0.2, 0.25) is 0 Å². The van der Waals surface area contributed by atoms with Crippen molar-refractivity contribution in [2.45, 2.75) is 20.1 Å². The average Bonchev–Trinajstić information content (AvgIpc) is 3.03. The fourth-order valence-electron chi connectivity index (χ4n) is 2.22. The predicted octanol–water partition coefficient (Wildman–Crippen LogP) is 0.756. The minimum absolute atomic E-state index is 0.141. The smallest absolute Gasteiger partial charge is 0.254 e. The zero-order chi connectivity index (χ0) is 13.9. The number of furan rings is 1. The third kappa shape index (κ3) is 2.57. The number of aromatic nitrogens is 3. The van der Waals surface area contributed by atoms with Crippen molar-refractivity contribution in [2.75, 3.05) is 13.2 Å². The summed E-state index contributed by atoms with van der Waals surface area (Å²) >= 11 is 0. The van der Waals surface area contributed by atoms with E-state index < -0.39 is 0 Å². The van der Waals surface area contributed by atoms with Gasteiger partial charge in [0.25, 0.3) is 5.91 Å². The number of hydrogen-bond donors (Lipinski definition) is 1. The topological polar surface area (TPSA) is 82.2 Å². The summed E-state index contributed by atoms with van der Waals surface area (Å²) in [6.45, 7) is 4.26. The Balaban J connectivity index is 1.60. The van der Waals surface area contributed by atoms with Gasteiger partial charge in [-0.15, -0.1) is 5.10 Å². The Kier molecular flexibility index (Phi) is 3.51. The molecule has 1 N–H and O–H groups in total. The Labute approximate surface area is 115 Å². The van der Waals surface area contributed by atoms with Gasteiger partial charge < -0.3 is 14.5 Å². The zero-order valence-corrected chi connectivity index (χ0v) is 11.2. The molecule has 1 atom stereocenters. The van der Waals surface area contributed by atoms with Crippen molar-refractivity contribution >= 4 is 5.91 Å². The molecule has 0 bridgehead atoms. The Hall–Kier alpha value is -2.15. The van der Waals surface area contributed by atoms with E-state index >= 15 is 0 Å². The van der Waals surface area contributed by atoms with E-state index in [9.17, 15) is 4.79 Å². The first-order valence-electron chi connectivity index (χ1n) is 6.51. The number of aryl methyl sites for hydroxylation is 1. The van der Waals surface area contributed by atoms with Gasteiger partial charge in [0.05, 0.1) is 36.4 Å². The number of hydrogen-bond acceptors (Lipinski definition) is 5. The lowest BCUT2D eigenvalue weighted by Crippen LogP contribution is -2.32. The molecule has 0 fully saturated rings. The van der Waals surface area contributed by atoms with Gasteiger partial charge in [0, 0.05) is 19.0 Å². The van der Waals surface area contributed by atoms with Crippen molar-refractivity contribution in [3.05, 3.63) is 35.5 Å². The lowest BCUT2D eigenvalue weighted by atomic mass is 10.1. The van der Waals surface area contributed by atoms with Crippen molar-refractivity contribution < 1.29 is 13.9 Å². The van der Waals surface area contributed by atoms with E-state index in [0.29, 0.717) is 31.9 Å². The number of amides is 1. The van der Waals surface area contributed by atoms with Crippen LogP contribution in [0.2, 0.25) is 0 Å². The third-order valence-electron chi connectivity index (χ3n) is 3.39. The maximum atomic E-state index is 11.8. The second-order valence-corrected chi connectivity index (χ2v) is 4.91. The van der Waals surface area contributed by atoms with Crippen molar-refractivity contribution in [3.8, 4) is 0 Å². The predicted molar refractivity (Wildman–Crippen MR) is 68.9 cm³/mol. The molecule has 1 aliphatic rings. The monoisotopic (exact) mass is 276 g/mol. The number of rotatable bonds is 3. The van der Waals surface area contributed by atoms with Gasteiger partial charge in [-0.3, -0.25) is 4.79 Å². The normalized spacial score (nSPS) is 18.4. The third-order valence-corrected chi connectivity index (χ3v) is 3.39. The molecule has 0 saturated carbocycles. The van der Waals surface area contributed by atoms with Crippen molar-refractivity contribution in [3.63, 3.8) is 0 Å². The second kappa shape index (κ2) is 5.46. The molecule has 1 aliphatic heterocycles. The minimum Gasteiger partial charge on any atom is -0.472 e. The summed E-state index contributed by atoms with van der Waals surface area (Å²) in [5.41, 5.74) is 2.43. The lowest BCUT2D eigenvalue weighted by Gasteiger charge is -2.14. The molecule has 106 valence electrons. The van der Waals surface area contributed by atoms with Gasteiger partial charge in [-0.1, -0.05) is 5.21 Å². The number of nitrogens with one attached hydrogen (secondary N) is 1. The van der Waals surface area contributed by atoms with Crippen LogP contribution in [0.5, 0.6) is 0 Å². The van der Waals surface area contributed by atoms with Crippen LogP contribution in [0.25, 0.3) is 0 Å². The van der Waals surface area contributed by atoms with Crippen LogP contribution in [0, 0.1) is 12.8 Å². The van der Waals surface area contributed by atoms with Gasteiger partial charge in [-0.25, -0.2) is 4.68 Å². The molecule has 0 radical (unpaired) electrons. The Bertz CT molecular complexity index is 591. The van der Waals surface area contributed by atoms with Crippen LogP contribution in [-0.2, 0) is 17.9 Å². The molecule has 1 amide bonds. The van der Waals surface area contributed by atoms with Crippen LogP contribution < -0.4 is 5.32 Å². The van der Waals surface area contributed by atoms with E-state index in [4.69, 9.17) is 9.15 Å². The quantitative estimate of drug-likeness (QED) is 0.894. The molecule has 0 aromatic carbocycles. The number of fused-ring (bicyclic) bond motifs is 1. The molecule has 7 heteroatoms. The number of ether oxygens (including phenoxy) is 1. The molecule has 20 heavy (non-hydrogen) atoms. The fraction of sp³-hybridized carbons (Fsp3) is 0.462. The first-order valence-corrected chi connectivity index (χ1v) is 6.51. The Morgan fingerprint density at radius 1 is 1.60 bits per heavy atom. The van der Waals surface area contributed by atoms with Crippen LogP contribution in [0.1, 0.15) is 21.7 Å². The van der Waals surface area contributed by atoms with Crippen LogP contribution >= 0.6 is 0 Å². The first kappa shape index (κ1) is 12.9. The van der Waals surface area contributed by atoms with Gasteiger partial charge in [0.15, 0.2) is 0 Å². The summed E-state index contributed by atoms with van der Waals surface area (Å²) < 4.78 is 12.4. The summed E-state index contributed by atoms with van der Waals surface area (Å²) in [6, 6.07) is 1.64. The highest BCUT2D eigenvalue weighted by Crippen LogP contribution is 2.14. The summed E-state index contributed by atoms with van der Waals surface area (Å²) in [5.74, 6) is 0.0335. The number of carbonyl (C=O) groups excluding carboxylic acids is 1. The molecule has 0 aliphatic carbocycles. The van der Waals surface area contributed by atoms with Crippen LogP contribution in [0.3, 0.4) is 0 Å². The highest BCUT2D eigenvalue weighted by atomic mass is 16.5. The minimum atomic E-state index is -0.141. The molecule has 2 aromatic heterocycles. The van der Waals surface area contributed by atoms with E-state index in [0.717, 1.165) is 11.4 Å². The molecule has 7 nitrogen and oxygen atoms in total. The van der Waals surface area contributed by atoms with E-state index in [1.807, 2.05) is 11.6 Å². The SMILES string of the molecule is Cc1nnn2c1COC[C@@H](CNC(=O)c1ccoc1)C2. The summed E-state index contributed by atoms with van der Waals surface area (Å²) in [6.07, 6.45) is 2.91. The molecule has 0 spiro atoms. The fourth-order valence-corrected chi connectivity index (χ4v) is 2.22. The lowest BCUT2D eigenvalue weighted by molar-refractivity contribution is 0.0850. The van der Waals surface area contributed by atoms with Gasteiger partial charge in [-0.2, -0.15) is 0 Å². The van der Waals surface area contributed by atoms with E-state index in [1.165, 1.54) is 12.5 Å². The maximum Gasteiger partial charge on any atom is 0.254 e. The Morgan fingerprint density at radius 3 is 3.30 bits per heavy atom. The summed E-state index contributed by atoms with van der Waals surface area (Å²) in [5, 5.41) is 11.0. The molecule has 3 rings (SSSR count). The van der Waals surface area contributed by atoms with Gasteiger partial charge >= 0.3 is 0 Å². The molecule has 2 aromatic rings. The van der Waals surface area contributed by atoms with Gasteiger partial charge in [0.1, 0.15) is 6.26 Å². The molecule has 0 saturated heterocycles. The largest absolute Gasteiger partial charge is 0.472 e. The summed E-state index contributed by atoms with van der Waals surface area (Å²) in [4.78, 5) is 11.8. The average molecular weight is 276 g/mol. The van der Waals surface area contributed by atoms with Crippen LogP contribution in [-0.4, -0.2) is 34.1 Å². The number of carbonyl (C=O) groups is 1. The van der Waals surface area contributed by atoms with E-state index in [-0.39, 0.29) is 11.8 Å². The highest BCUT2D eigenvalue weighted by molar-refractivity contribution is 5.93. The standard InChI is InChI=1S/C13H16N4O3/c1-9-12-8-20-6-10(5-17(12)16-15-9)4-14-13(18)11-2-3-19-7-11/h2-3,7,10H,4-6,8H2,1H3,(H,14,18)/t10-/m0/s1. The Morgan fingerprint density at radius 2 is 2.50 bits per heavy atom. The highest BCUT2D eigenvalue weighted by Gasteiger charge is 2.20. The number of nitrogens with zero attached hydrogens (tertiary/aromatic N) is 3. The van der Waals surface area contributed by atoms with Crippen LogP contribution in [0.4, 0.5) is 0 Å². The van der Waals surface area contributed by atoms with Crippen molar-refractivity contribution in [1.29, 1.82) is 0 Å². The van der Waals surface area contributed by atoms with Gasteiger partial charge in [-0.05, 0) is 13.0 Å². The molecule has 3 heterocycles. The summed E-state index contributed by atoms with van der Waals surface area (Å²) in [7, 11) is 0. The molecular formula is C13H16N4O3.